The molecule has 470 valence electrons. The Balaban J connectivity index is 4.38. The predicted octanol–water partition coefficient (Wildman–Crippen LogP) is 23.9. The molecule has 0 saturated carbocycles. The first-order valence-electron chi connectivity index (χ1n) is 34.3. The summed E-state index contributed by atoms with van der Waals surface area (Å²) < 4.78 is 16.9. The Bertz CT molecular complexity index is 1800. The first kappa shape index (κ1) is 78.3. The first-order valence-corrected chi connectivity index (χ1v) is 34.3. The summed E-state index contributed by atoms with van der Waals surface area (Å²) in [5.41, 5.74) is 0. The molecule has 0 radical (unpaired) electrons. The third-order valence-electron chi connectivity index (χ3n) is 14.3. The zero-order chi connectivity index (χ0) is 59.9. The topological polar surface area (TPSA) is 78.9 Å². The Hall–Kier alpha value is -4.71. The Labute approximate surface area is 512 Å². The van der Waals surface area contributed by atoms with Crippen LogP contribution in [0.2, 0.25) is 0 Å². The number of esters is 3. The van der Waals surface area contributed by atoms with Gasteiger partial charge in [-0.1, -0.05) is 289 Å². The lowest BCUT2D eigenvalue weighted by Crippen LogP contribution is -2.30. The van der Waals surface area contributed by atoms with Gasteiger partial charge in [0.05, 0.1) is 0 Å². The van der Waals surface area contributed by atoms with Crippen LogP contribution in [0.4, 0.5) is 0 Å². The van der Waals surface area contributed by atoms with Crippen LogP contribution in [-0.2, 0) is 28.6 Å². The van der Waals surface area contributed by atoms with Gasteiger partial charge in [0.1, 0.15) is 13.2 Å². The monoisotopic (exact) mass is 1150 g/mol. The van der Waals surface area contributed by atoms with E-state index in [9.17, 15) is 14.4 Å². The highest BCUT2D eigenvalue weighted by Gasteiger charge is 2.19. The molecule has 0 aromatic heterocycles. The van der Waals surface area contributed by atoms with Crippen LogP contribution >= 0.6 is 0 Å². The van der Waals surface area contributed by atoms with Gasteiger partial charge in [0, 0.05) is 19.3 Å². The fourth-order valence-electron chi connectivity index (χ4n) is 9.23. The van der Waals surface area contributed by atoms with Crippen LogP contribution in [-0.4, -0.2) is 37.2 Å². The minimum Gasteiger partial charge on any atom is -0.462 e. The molecule has 0 saturated heterocycles. The van der Waals surface area contributed by atoms with E-state index in [1.807, 2.05) is 0 Å². The van der Waals surface area contributed by atoms with Crippen LogP contribution in [0.3, 0.4) is 0 Å². The molecule has 0 N–H and O–H groups in total. The number of allylic oxidation sites excluding steroid dienone is 24. The van der Waals surface area contributed by atoms with E-state index in [2.05, 4.69) is 167 Å². The van der Waals surface area contributed by atoms with E-state index < -0.39 is 6.10 Å². The highest BCUT2D eigenvalue weighted by Crippen LogP contribution is 2.16. The summed E-state index contributed by atoms with van der Waals surface area (Å²) >= 11 is 0. The van der Waals surface area contributed by atoms with E-state index in [0.717, 1.165) is 148 Å². The van der Waals surface area contributed by atoms with Gasteiger partial charge < -0.3 is 14.2 Å². The van der Waals surface area contributed by atoms with Crippen molar-refractivity contribution in [1.29, 1.82) is 0 Å². The maximum absolute atomic E-state index is 12.9. The van der Waals surface area contributed by atoms with Crippen LogP contribution in [0.5, 0.6) is 0 Å². The standard InChI is InChI=1S/C77H126O6/c1-4-7-10-13-16-19-22-25-27-29-31-33-35-37-38-40-41-43-45-47-49-52-55-58-61-64-67-70-76(79)82-73-74(72-81-75(78)69-66-63-60-57-54-51-24-21-18-15-12-9-6-3)83-77(80)71-68-65-62-59-56-53-50-48-46-44-42-39-36-34-32-30-28-26-23-20-17-14-11-8-5-2/h7-8,10-11,16-17,19-21,24-28,31-34,39,42,46,48,53,56,74H,4-6,9,12-15,18,22-23,29-30,35-38,40-41,43-45,47,49-52,54-55,57-73H2,1-3H3/b10-7-,11-8-,19-16-,20-17-,24-21-,27-25-,28-26-,33-31-,34-32-,42-39-,48-46-,56-53-. The minimum atomic E-state index is -0.806. The molecular weight excluding hydrogens is 1020 g/mol. The molecule has 0 bridgehead atoms. The van der Waals surface area contributed by atoms with Crippen molar-refractivity contribution in [3.8, 4) is 0 Å². The van der Waals surface area contributed by atoms with Gasteiger partial charge in [-0.25, -0.2) is 0 Å². The number of ether oxygens (including phenoxy) is 3. The van der Waals surface area contributed by atoms with Gasteiger partial charge in [-0.3, -0.25) is 14.4 Å². The van der Waals surface area contributed by atoms with E-state index >= 15 is 0 Å². The van der Waals surface area contributed by atoms with E-state index in [1.54, 1.807) is 0 Å². The summed E-state index contributed by atoms with van der Waals surface area (Å²) in [5.74, 6) is -0.936. The fourth-order valence-corrected chi connectivity index (χ4v) is 9.23. The van der Waals surface area contributed by atoms with Crippen molar-refractivity contribution in [1.82, 2.24) is 0 Å². The van der Waals surface area contributed by atoms with Crippen molar-refractivity contribution in [3.05, 3.63) is 146 Å². The van der Waals surface area contributed by atoms with Crippen LogP contribution in [0, 0.1) is 0 Å². The number of rotatable bonds is 61. The maximum atomic E-state index is 12.9. The molecule has 6 nitrogen and oxygen atoms in total. The second kappa shape index (κ2) is 69.8. The smallest absolute Gasteiger partial charge is 0.306 e. The predicted molar refractivity (Wildman–Crippen MR) is 362 cm³/mol. The molecule has 0 spiro atoms. The molecular formula is C77H126O6. The minimum absolute atomic E-state index is 0.0979. The summed E-state index contributed by atoms with van der Waals surface area (Å²) in [6, 6.07) is 0. The number of unbranched alkanes of at least 4 members (excludes halogenated alkanes) is 26. The average molecular weight is 1150 g/mol. The Morgan fingerprint density at radius 1 is 0.253 bits per heavy atom. The Morgan fingerprint density at radius 2 is 0.470 bits per heavy atom. The quantitative estimate of drug-likeness (QED) is 0.0261. The lowest BCUT2D eigenvalue weighted by atomic mass is 10.0. The van der Waals surface area contributed by atoms with Crippen LogP contribution in [0.25, 0.3) is 0 Å². The third kappa shape index (κ3) is 68.0. The van der Waals surface area contributed by atoms with Crippen molar-refractivity contribution in [2.75, 3.05) is 13.2 Å². The first-order chi connectivity index (χ1) is 41.0. The Kier molecular flexibility index (Phi) is 65.8. The van der Waals surface area contributed by atoms with E-state index in [1.165, 1.54) is 116 Å². The fraction of sp³-hybridized carbons (Fsp3) is 0.649. The van der Waals surface area contributed by atoms with Crippen molar-refractivity contribution < 1.29 is 28.6 Å². The lowest BCUT2D eigenvalue weighted by Gasteiger charge is -2.18. The maximum Gasteiger partial charge on any atom is 0.306 e. The highest BCUT2D eigenvalue weighted by molar-refractivity contribution is 5.71. The number of carbonyl (C=O) groups excluding carboxylic acids is 3. The van der Waals surface area contributed by atoms with E-state index in [0.29, 0.717) is 12.8 Å². The second-order valence-electron chi connectivity index (χ2n) is 22.3. The highest BCUT2D eigenvalue weighted by atomic mass is 16.6. The molecule has 0 aliphatic carbocycles. The van der Waals surface area contributed by atoms with Gasteiger partial charge in [-0.05, 0) is 141 Å². The molecule has 1 atom stereocenters. The molecule has 0 fully saturated rings. The van der Waals surface area contributed by atoms with Gasteiger partial charge in [0.2, 0.25) is 0 Å². The summed E-state index contributed by atoms with van der Waals surface area (Å²) in [4.78, 5) is 38.4. The van der Waals surface area contributed by atoms with Gasteiger partial charge in [-0.15, -0.1) is 0 Å². The number of hydrogen-bond donors (Lipinski definition) is 0. The Morgan fingerprint density at radius 3 is 0.759 bits per heavy atom. The summed E-state index contributed by atoms with van der Waals surface area (Å²) in [6.07, 6.45) is 100. The number of hydrogen-bond acceptors (Lipinski definition) is 6. The zero-order valence-corrected chi connectivity index (χ0v) is 53.9. The summed E-state index contributed by atoms with van der Waals surface area (Å²) in [6.45, 7) is 6.38. The lowest BCUT2D eigenvalue weighted by molar-refractivity contribution is -0.167. The van der Waals surface area contributed by atoms with Gasteiger partial charge in [0.25, 0.3) is 0 Å². The molecule has 0 amide bonds. The summed E-state index contributed by atoms with van der Waals surface area (Å²) in [5, 5.41) is 0. The van der Waals surface area contributed by atoms with Gasteiger partial charge in [0.15, 0.2) is 6.10 Å². The third-order valence-corrected chi connectivity index (χ3v) is 14.3. The van der Waals surface area contributed by atoms with Gasteiger partial charge in [-0.2, -0.15) is 0 Å². The van der Waals surface area contributed by atoms with E-state index in [4.69, 9.17) is 14.2 Å². The molecule has 0 aliphatic rings. The van der Waals surface area contributed by atoms with E-state index in [-0.39, 0.29) is 37.5 Å². The molecule has 0 rings (SSSR count). The SMILES string of the molecule is CC/C=C\C/C=C\C/C=C\C/C=C\C/C=C\C/C=C\C/C=C\CCCCCC(=O)OC(COC(=O)CCCCCCC/C=C\CCCCCC)COC(=O)CCCCCCCCCCCCCCCC/C=C\C/C=C\C/C=C\C/C=C\CC. The molecule has 0 aromatic carbocycles. The normalized spacial score (nSPS) is 13.0. The zero-order valence-electron chi connectivity index (χ0n) is 53.9. The van der Waals surface area contributed by atoms with Crippen LogP contribution in [0.15, 0.2) is 146 Å². The molecule has 0 aliphatic heterocycles. The molecule has 83 heavy (non-hydrogen) atoms. The van der Waals surface area contributed by atoms with Gasteiger partial charge >= 0.3 is 17.9 Å². The molecule has 6 heteroatoms. The molecule has 0 heterocycles. The average Bonchev–Trinajstić information content (AvgIpc) is 3.49. The van der Waals surface area contributed by atoms with Crippen molar-refractivity contribution in [3.63, 3.8) is 0 Å². The van der Waals surface area contributed by atoms with Crippen molar-refractivity contribution in [2.45, 2.75) is 309 Å². The molecule has 1 unspecified atom stereocenters. The molecule has 0 aromatic rings. The summed E-state index contributed by atoms with van der Waals surface area (Å²) in [7, 11) is 0. The van der Waals surface area contributed by atoms with Crippen molar-refractivity contribution >= 4 is 17.9 Å². The van der Waals surface area contributed by atoms with Crippen LogP contribution in [0.1, 0.15) is 303 Å². The van der Waals surface area contributed by atoms with Crippen molar-refractivity contribution in [2.24, 2.45) is 0 Å². The second-order valence-corrected chi connectivity index (χ2v) is 22.3. The largest absolute Gasteiger partial charge is 0.462 e. The number of carbonyl (C=O) groups is 3. The van der Waals surface area contributed by atoms with Crippen LogP contribution < -0.4 is 0 Å².